The SMILES string of the molecule is COc1ccc(OC)c(NC(=S)N[C@@H](C)[C@H](c2ccccc2)N2CCN(C)CC2)c1. The fourth-order valence-electron chi connectivity index (χ4n) is 3.92. The van der Waals surface area contributed by atoms with Crippen molar-refractivity contribution in [2.24, 2.45) is 0 Å². The molecule has 1 fully saturated rings. The average molecular weight is 429 g/mol. The van der Waals surface area contributed by atoms with E-state index in [0.29, 0.717) is 10.9 Å². The molecular weight excluding hydrogens is 396 g/mol. The molecule has 0 radical (unpaired) electrons. The number of benzene rings is 2. The van der Waals surface area contributed by atoms with Gasteiger partial charge in [0.2, 0.25) is 0 Å². The van der Waals surface area contributed by atoms with Crippen molar-refractivity contribution in [3.63, 3.8) is 0 Å². The first-order chi connectivity index (χ1) is 14.5. The summed E-state index contributed by atoms with van der Waals surface area (Å²) in [6.07, 6.45) is 0. The van der Waals surface area contributed by atoms with Crippen molar-refractivity contribution in [3.05, 3.63) is 54.1 Å². The van der Waals surface area contributed by atoms with Crippen LogP contribution in [0.3, 0.4) is 0 Å². The number of piperazine rings is 1. The van der Waals surface area contributed by atoms with Crippen LogP contribution < -0.4 is 20.1 Å². The molecule has 3 rings (SSSR count). The second kappa shape index (κ2) is 10.6. The highest BCUT2D eigenvalue weighted by atomic mass is 32.1. The molecule has 0 spiro atoms. The minimum atomic E-state index is 0.118. The topological polar surface area (TPSA) is 49.0 Å². The Hall–Kier alpha value is -2.35. The minimum Gasteiger partial charge on any atom is -0.497 e. The summed E-state index contributed by atoms with van der Waals surface area (Å²) in [5, 5.41) is 7.32. The van der Waals surface area contributed by atoms with Gasteiger partial charge < -0.3 is 25.0 Å². The summed E-state index contributed by atoms with van der Waals surface area (Å²) >= 11 is 5.64. The first kappa shape index (κ1) is 22.3. The molecule has 162 valence electrons. The van der Waals surface area contributed by atoms with Crippen molar-refractivity contribution in [1.82, 2.24) is 15.1 Å². The number of ether oxygens (including phenoxy) is 2. The number of nitrogens with one attached hydrogen (secondary N) is 2. The summed E-state index contributed by atoms with van der Waals surface area (Å²) in [7, 11) is 5.47. The molecule has 2 atom stereocenters. The Morgan fingerprint density at radius 2 is 1.70 bits per heavy atom. The quantitative estimate of drug-likeness (QED) is 0.656. The first-order valence-corrected chi connectivity index (χ1v) is 10.7. The van der Waals surface area contributed by atoms with E-state index < -0.39 is 0 Å². The molecule has 1 aliphatic rings. The number of anilines is 1. The second-order valence-corrected chi connectivity index (χ2v) is 8.06. The molecule has 7 heteroatoms. The molecule has 0 aliphatic carbocycles. The fraction of sp³-hybridized carbons (Fsp3) is 0.435. The van der Waals surface area contributed by atoms with Gasteiger partial charge in [-0.1, -0.05) is 30.3 Å². The molecule has 2 aromatic carbocycles. The zero-order valence-corrected chi connectivity index (χ0v) is 19.0. The molecule has 2 N–H and O–H groups in total. The number of likely N-dealkylation sites (N-methyl/N-ethyl adjacent to an activating group) is 1. The zero-order chi connectivity index (χ0) is 21.5. The van der Waals surface area contributed by atoms with Crippen molar-refractivity contribution < 1.29 is 9.47 Å². The van der Waals surface area contributed by atoms with Gasteiger partial charge in [0.05, 0.1) is 25.9 Å². The van der Waals surface area contributed by atoms with Gasteiger partial charge in [-0.05, 0) is 43.9 Å². The molecule has 0 amide bonds. The Kier molecular flexibility index (Phi) is 7.90. The lowest BCUT2D eigenvalue weighted by molar-refractivity contribution is 0.0973. The lowest BCUT2D eigenvalue weighted by Gasteiger charge is -2.41. The van der Waals surface area contributed by atoms with Crippen molar-refractivity contribution in [2.75, 3.05) is 52.8 Å². The Labute approximate surface area is 185 Å². The van der Waals surface area contributed by atoms with Gasteiger partial charge in [-0.15, -0.1) is 0 Å². The van der Waals surface area contributed by atoms with Crippen LogP contribution in [0.25, 0.3) is 0 Å². The van der Waals surface area contributed by atoms with Crippen LogP contribution in [0.15, 0.2) is 48.5 Å². The van der Waals surface area contributed by atoms with Crippen LogP contribution in [0.1, 0.15) is 18.5 Å². The molecule has 1 saturated heterocycles. The van der Waals surface area contributed by atoms with Crippen molar-refractivity contribution in [2.45, 2.75) is 19.0 Å². The van der Waals surface area contributed by atoms with Gasteiger partial charge >= 0.3 is 0 Å². The van der Waals surface area contributed by atoms with Crippen LogP contribution in [-0.4, -0.2) is 68.4 Å². The van der Waals surface area contributed by atoms with E-state index in [4.69, 9.17) is 21.7 Å². The molecule has 0 aromatic heterocycles. The summed E-state index contributed by atoms with van der Waals surface area (Å²) in [4.78, 5) is 4.92. The normalized spacial score (nSPS) is 17.1. The van der Waals surface area contributed by atoms with E-state index in [1.165, 1.54) is 5.56 Å². The maximum absolute atomic E-state index is 5.64. The van der Waals surface area contributed by atoms with Crippen molar-refractivity contribution in [1.29, 1.82) is 0 Å². The number of thiocarbonyl (C=S) groups is 1. The summed E-state index contributed by atoms with van der Waals surface area (Å²) in [5.41, 5.74) is 2.07. The van der Waals surface area contributed by atoms with Gasteiger partial charge in [0, 0.05) is 38.3 Å². The summed E-state index contributed by atoms with van der Waals surface area (Å²) < 4.78 is 10.8. The zero-order valence-electron chi connectivity index (χ0n) is 18.2. The summed E-state index contributed by atoms with van der Waals surface area (Å²) in [5.74, 6) is 1.46. The maximum Gasteiger partial charge on any atom is 0.171 e. The molecule has 1 aliphatic heterocycles. The molecule has 0 unspecified atom stereocenters. The highest BCUT2D eigenvalue weighted by Gasteiger charge is 2.29. The lowest BCUT2D eigenvalue weighted by atomic mass is 9.98. The number of nitrogens with zero attached hydrogens (tertiary/aromatic N) is 2. The Balaban J connectivity index is 1.74. The number of rotatable bonds is 7. The molecular formula is C23H32N4O2S. The third-order valence-electron chi connectivity index (χ3n) is 5.56. The van der Waals surface area contributed by atoms with E-state index >= 15 is 0 Å². The van der Waals surface area contributed by atoms with Crippen LogP contribution in [0.5, 0.6) is 11.5 Å². The molecule has 2 aromatic rings. The molecule has 6 nitrogen and oxygen atoms in total. The van der Waals surface area contributed by atoms with Crippen molar-refractivity contribution in [3.8, 4) is 11.5 Å². The standard InChI is InChI=1S/C23H32N4O2S/c1-17(24-23(30)25-20-16-19(28-3)10-11-21(20)29-4)22(18-8-6-5-7-9-18)27-14-12-26(2)13-15-27/h5-11,16-17,22H,12-15H2,1-4H3,(H2,24,25,30)/t17-,22+/m0/s1. The van der Waals surface area contributed by atoms with E-state index in [0.717, 1.165) is 37.6 Å². The van der Waals surface area contributed by atoms with Gasteiger partial charge in [0.15, 0.2) is 5.11 Å². The third kappa shape index (κ3) is 5.62. The smallest absolute Gasteiger partial charge is 0.171 e. The van der Waals surface area contributed by atoms with Gasteiger partial charge in [-0.25, -0.2) is 0 Å². The molecule has 0 bridgehead atoms. The van der Waals surface area contributed by atoms with E-state index in [1.807, 2.05) is 18.2 Å². The molecule has 0 saturated carbocycles. The fourth-order valence-corrected chi connectivity index (χ4v) is 4.22. The minimum absolute atomic E-state index is 0.118. The average Bonchev–Trinajstić information content (AvgIpc) is 2.76. The maximum atomic E-state index is 5.64. The largest absolute Gasteiger partial charge is 0.497 e. The van der Waals surface area contributed by atoms with Gasteiger partial charge in [-0.3, -0.25) is 4.90 Å². The number of hydrogen-bond acceptors (Lipinski definition) is 5. The number of methoxy groups -OCH3 is 2. The van der Waals surface area contributed by atoms with Crippen LogP contribution in [0.4, 0.5) is 5.69 Å². The van der Waals surface area contributed by atoms with Gasteiger partial charge in [0.25, 0.3) is 0 Å². The highest BCUT2D eigenvalue weighted by Crippen LogP contribution is 2.29. The first-order valence-electron chi connectivity index (χ1n) is 10.3. The van der Waals surface area contributed by atoms with Crippen LogP contribution in [0, 0.1) is 0 Å². The second-order valence-electron chi connectivity index (χ2n) is 7.65. The predicted molar refractivity (Wildman–Crippen MR) is 127 cm³/mol. The van der Waals surface area contributed by atoms with Gasteiger partial charge in [-0.2, -0.15) is 0 Å². The monoisotopic (exact) mass is 428 g/mol. The Morgan fingerprint density at radius 3 is 2.33 bits per heavy atom. The van der Waals surface area contributed by atoms with Crippen LogP contribution in [0.2, 0.25) is 0 Å². The van der Waals surface area contributed by atoms with E-state index in [2.05, 4.69) is 64.7 Å². The predicted octanol–water partition coefficient (Wildman–Crippen LogP) is 3.37. The Morgan fingerprint density at radius 1 is 1.00 bits per heavy atom. The summed E-state index contributed by atoms with van der Waals surface area (Å²) in [6, 6.07) is 16.6. The van der Waals surface area contributed by atoms with Crippen LogP contribution in [-0.2, 0) is 0 Å². The van der Waals surface area contributed by atoms with E-state index in [1.54, 1.807) is 14.2 Å². The number of hydrogen-bond donors (Lipinski definition) is 2. The van der Waals surface area contributed by atoms with E-state index in [9.17, 15) is 0 Å². The molecule has 30 heavy (non-hydrogen) atoms. The van der Waals surface area contributed by atoms with Crippen molar-refractivity contribution >= 4 is 23.0 Å². The van der Waals surface area contributed by atoms with E-state index in [-0.39, 0.29) is 12.1 Å². The Bertz CT molecular complexity index is 825. The summed E-state index contributed by atoms with van der Waals surface area (Å²) in [6.45, 7) is 6.39. The highest BCUT2D eigenvalue weighted by molar-refractivity contribution is 7.80. The third-order valence-corrected chi connectivity index (χ3v) is 5.78. The lowest BCUT2D eigenvalue weighted by Crippen LogP contribution is -2.52. The molecule has 1 heterocycles. The van der Waals surface area contributed by atoms with Crippen LogP contribution >= 0.6 is 12.2 Å². The van der Waals surface area contributed by atoms with Gasteiger partial charge in [0.1, 0.15) is 11.5 Å².